The van der Waals surface area contributed by atoms with Gasteiger partial charge in [0.05, 0.1) is 5.03 Å². The van der Waals surface area contributed by atoms with Crippen LogP contribution in [-0.2, 0) is 6.54 Å². The van der Waals surface area contributed by atoms with E-state index in [0.29, 0.717) is 16.4 Å². The number of nitrogens with zero attached hydrogens (tertiary/aromatic N) is 2. The lowest BCUT2D eigenvalue weighted by Gasteiger charge is -2.11. The van der Waals surface area contributed by atoms with Crippen LogP contribution in [0.3, 0.4) is 0 Å². The summed E-state index contributed by atoms with van der Waals surface area (Å²) in [7, 11) is 4.02. The zero-order chi connectivity index (χ0) is 22.4. The summed E-state index contributed by atoms with van der Waals surface area (Å²) in [6.45, 7) is 8.36. The molecule has 0 aliphatic heterocycles. The number of thioether (sulfide) groups is 1. The molecule has 3 rings (SSSR count). The van der Waals surface area contributed by atoms with Gasteiger partial charge >= 0.3 is 0 Å². The fraction of sp³-hybridized carbons (Fsp3) is 0.120. The van der Waals surface area contributed by atoms with E-state index in [1.807, 2.05) is 68.7 Å². The first-order chi connectivity index (χ1) is 14.9. The molecule has 0 unspecified atom stereocenters. The van der Waals surface area contributed by atoms with Crippen LogP contribution in [0.15, 0.2) is 85.1 Å². The monoisotopic (exact) mass is 430 g/mol. The molecule has 158 valence electrons. The van der Waals surface area contributed by atoms with Gasteiger partial charge in [-0.3, -0.25) is 4.79 Å². The number of rotatable bonds is 8. The molecule has 1 amide bonds. The molecule has 6 heteroatoms. The van der Waals surface area contributed by atoms with E-state index in [0.717, 1.165) is 33.3 Å². The summed E-state index contributed by atoms with van der Waals surface area (Å²) in [5, 5.41) is 5.33. The molecule has 0 aliphatic carbocycles. The average molecular weight is 431 g/mol. The Labute approximate surface area is 187 Å². The van der Waals surface area contributed by atoms with Crippen LogP contribution in [0.5, 0.6) is 0 Å². The molecule has 1 aromatic heterocycles. The van der Waals surface area contributed by atoms with Crippen LogP contribution < -0.4 is 11.1 Å². The molecule has 1 heterocycles. The van der Waals surface area contributed by atoms with Crippen molar-refractivity contribution >= 4 is 39.2 Å². The van der Waals surface area contributed by atoms with E-state index < -0.39 is 0 Å². The average Bonchev–Trinajstić information content (AvgIpc) is 2.72. The van der Waals surface area contributed by atoms with Crippen molar-refractivity contribution in [3.8, 4) is 0 Å². The molecule has 0 saturated heterocycles. The van der Waals surface area contributed by atoms with Crippen LogP contribution in [0.4, 0.5) is 5.82 Å². The Kier molecular flexibility index (Phi) is 7.28. The Morgan fingerprint density at radius 1 is 1.13 bits per heavy atom. The molecular weight excluding hydrogens is 404 g/mol. The van der Waals surface area contributed by atoms with Gasteiger partial charge in [-0.15, -0.1) is 0 Å². The molecular formula is C25H26N4OS. The first-order valence-corrected chi connectivity index (χ1v) is 10.6. The summed E-state index contributed by atoms with van der Waals surface area (Å²) in [4.78, 5) is 20.1. The third kappa shape index (κ3) is 6.07. The molecule has 0 atom stereocenters. The lowest BCUT2D eigenvalue weighted by atomic mass is 10.1. The highest BCUT2D eigenvalue weighted by Crippen LogP contribution is 2.32. The van der Waals surface area contributed by atoms with Crippen LogP contribution in [0.2, 0.25) is 0 Å². The normalized spacial score (nSPS) is 11.5. The van der Waals surface area contributed by atoms with E-state index in [1.54, 1.807) is 12.3 Å². The predicted molar refractivity (Wildman–Crippen MR) is 133 cm³/mol. The number of nitrogens with one attached hydrogen (secondary N) is 1. The van der Waals surface area contributed by atoms with Crippen LogP contribution in [0, 0.1) is 0 Å². The van der Waals surface area contributed by atoms with E-state index in [-0.39, 0.29) is 5.91 Å². The van der Waals surface area contributed by atoms with Crippen molar-refractivity contribution in [2.24, 2.45) is 5.73 Å². The number of fused-ring (bicyclic) bond motifs is 1. The summed E-state index contributed by atoms with van der Waals surface area (Å²) in [6, 6.07) is 15.5. The lowest BCUT2D eigenvalue weighted by Crippen LogP contribution is -2.14. The zero-order valence-corrected chi connectivity index (χ0v) is 18.6. The topological polar surface area (TPSA) is 71.2 Å². The Morgan fingerprint density at radius 2 is 1.84 bits per heavy atom. The van der Waals surface area contributed by atoms with Crippen molar-refractivity contribution in [1.29, 1.82) is 0 Å². The molecule has 0 aliphatic rings. The second kappa shape index (κ2) is 10.1. The van der Waals surface area contributed by atoms with Crippen molar-refractivity contribution in [1.82, 2.24) is 9.88 Å². The molecule has 2 aromatic carbocycles. The Bertz CT molecular complexity index is 1150. The number of anilines is 1. The van der Waals surface area contributed by atoms with E-state index >= 15 is 0 Å². The number of hydrogen-bond acceptors (Lipinski definition) is 5. The van der Waals surface area contributed by atoms with Crippen molar-refractivity contribution in [2.75, 3.05) is 19.4 Å². The maximum atomic E-state index is 12.7. The van der Waals surface area contributed by atoms with Gasteiger partial charge in [0.15, 0.2) is 0 Å². The number of amides is 1. The third-order valence-corrected chi connectivity index (χ3v) is 5.33. The number of benzene rings is 2. The van der Waals surface area contributed by atoms with Gasteiger partial charge in [0, 0.05) is 28.6 Å². The van der Waals surface area contributed by atoms with Crippen LogP contribution in [0.25, 0.3) is 15.7 Å². The van der Waals surface area contributed by atoms with Crippen molar-refractivity contribution < 1.29 is 4.79 Å². The van der Waals surface area contributed by atoms with Gasteiger partial charge in [0.25, 0.3) is 5.91 Å². The number of hydrogen-bond donors (Lipinski definition) is 2. The van der Waals surface area contributed by atoms with Crippen molar-refractivity contribution in [3.05, 3.63) is 102 Å². The maximum absolute atomic E-state index is 12.7. The van der Waals surface area contributed by atoms with Gasteiger partial charge in [-0.25, -0.2) is 4.98 Å². The lowest BCUT2D eigenvalue weighted by molar-refractivity contribution is 0.102. The van der Waals surface area contributed by atoms with Crippen LogP contribution in [0.1, 0.15) is 21.5 Å². The van der Waals surface area contributed by atoms with Gasteiger partial charge in [-0.05, 0) is 60.9 Å². The first-order valence-electron chi connectivity index (χ1n) is 9.76. The number of carbonyl (C=O) groups excluding carboxylic acids is 1. The maximum Gasteiger partial charge on any atom is 0.256 e. The summed E-state index contributed by atoms with van der Waals surface area (Å²) < 4.78 is 0. The van der Waals surface area contributed by atoms with Gasteiger partial charge in [-0.1, -0.05) is 55.3 Å². The minimum Gasteiger partial charge on any atom is -0.394 e. The Morgan fingerprint density at radius 3 is 2.48 bits per heavy atom. The molecule has 0 bridgehead atoms. The molecule has 0 fully saturated rings. The summed E-state index contributed by atoms with van der Waals surface area (Å²) in [6.07, 6.45) is 5.37. The summed E-state index contributed by atoms with van der Waals surface area (Å²) in [5.74, 6) is 0.304. The quantitative estimate of drug-likeness (QED) is 0.478. The third-order valence-electron chi connectivity index (χ3n) is 4.47. The van der Waals surface area contributed by atoms with Crippen molar-refractivity contribution in [3.63, 3.8) is 0 Å². The van der Waals surface area contributed by atoms with Crippen molar-refractivity contribution in [2.45, 2.75) is 6.54 Å². The standard InChI is InChI=1S/C25H26N4OS/c1-5-6-23(31-17(2)26)20-11-12-21-15-27-24(14-22(21)13-20)28-25(30)19-9-7-18(8-10-19)16-29(3)4/h5-15H,1-2,16,26H2,3-4H3,(H,27,28,30)/b23-6-. The van der Waals surface area contributed by atoms with Crippen LogP contribution >= 0.6 is 11.8 Å². The number of allylic oxidation sites excluding steroid dienone is 2. The molecule has 3 aromatic rings. The highest BCUT2D eigenvalue weighted by molar-refractivity contribution is 8.11. The number of nitrogens with two attached hydrogens (primary N) is 1. The Balaban J connectivity index is 1.82. The number of aromatic nitrogens is 1. The molecule has 31 heavy (non-hydrogen) atoms. The van der Waals surface area contributed by atoms with E-state index in [9.17, 15) is 4.79 Å². The minimum atomic E-state index is -0.193. The summed E-state index contributed by atoms with van der Waals surface area (Å²) >= 11 is 1.39. The largest absolute Gasteiger partial charge is 0.394 e. The highest BCUT2D eigenvalue weighted by Gasteiger charge is 2.09. The fourth-order valence-corrected chi connectivity index (χ4v) is 3.81. The van der Waals surface area contributed by atoms with E-state index in [4.69, 9.17) is 5.73 Å². The molecule has 0 radical (unpaired) electrons. The SMILES string of the molecule is C=C/C=C(\SC(=C)N)c1ccc2cnc(NC(=O)c3ccc(CN(C)C)cc3)cc2c1. The van der Waals surface area contributed by atoms with E-state index in [2.05, 4.69) is 28.4 Å². The molecule has 0 spiro atoms. The highest BCUT2D eigenvalue weighted by atomic mass is 32.2. The van der Waals surface area contributed by atoms with Gasteiger partial charge in [-0.2, -0.15) is 0 Å². The first kappa shape index (κ1) is 22.3. The fourth-order valence-electron chi connectivity index (χ4n) is 3.12. The number of pyridine rings is 1. The predicted octanol–water partition coefficient (Wildman–Crippen LogP) is 5.24. The molecule has 3 N–H and O–H groups in total. The Hall–Kier alpha value is -3.35. The van der Waals surface area contributed by atoms with Gasteiger partial charge in [0.1, 0.15) is 5.82 Å². The molecule has 0 saturated carbocycles. The van der Waals surface area contributed by atoms with Crippen LogP contribution in [-0.4, -0.2) is 29.9 Å². The minimum absolute atomic E-state index is 0.193. The summed E-state index contributed by atoms with van der Waals surface area (Å²) in [5.41, 5.74) is 8.51. The molecule has 5 nitrogen and oxygen atoms in total. The zero-order valence-electron chi connectivity index (χ0n) is 17.8. The smallest absolute Gasteiger partial charge is 0.256 e. The van der Waals surface area contributed by atoms with Gasteiger partial charge < -0.3 is 16.0 Å². The van der Waals surface area contributed by atoms with Gasteiger partial charge in [0.2, 0.25) is 0 Å². The second-order valence-corrected chi connectivity index (χ2v) is 8.52. The second-order valence-electron chi connectivity index (χ2n) is 7.36. The number of carbonyl (C=O) groups is 1. The van der Waals surface area contributed by atoms with E-state index in [1.165, 1.54) is 11.8 Å².